The summed E-state index contributed by atoms with van der Waals surface area (Å²) in [5.74, 6) is 1.50. The van der Waals surface area contributed by atoms with Gasteiger partial charge in [0.1, 0.15) is 27.4 Å². The highest BCUT2D eigenvalue weighted by Crippen LogP contribution is 2.35. The van der Waals surface area contributed by atoms with Crippen molar-refractivity contribution >= 4 is 21.8 Å². The maximum atomic E-state index is 12.2. The third-order valence-corrected chi connectivity index (χ3v) is 3.60. The number of benzene rings is 1. The van der Waals surface area contributed by atoms with Gasteiger partial charge in [-0.25, -0.2) is 0 Å². The van der Waals surface area contributed by atoms with Crippen LogP contribution in [-0.4, -0.2) is 25.3 Å². The van der Waals surface area contributed by atoms with Gasteiger partial charge >= 0.3 is 0 Å². The lowest BCUT2D eigenvalue weighted by Gasteiger charge is -2.11. The van der Waals surface area contributed by atoms with Crippen molar-refractivity contribution in [2.24, 2.45) is 0 Å². The molecule has 0 bridgehead atoms. The van der Waals surface area contributed by atoms with E-state index in [2.05, 4.69) is 26.4 Å². The van der Waals surface area contributed by atoms with Crippen LogP contribution in [0.5, 0.6) is 11.5 Å². The molecule has 6 nitrogen and oxygen atoms in total. The SMILES string of the molecule is COc1cc(C(=O)NCc2cc(C)on2)cc(OC)c1Br. The Morgan fingerprint density at radius 1 is 1.29 bits per heavy atom. The molecule has 0 fully saturated rings. The zero-order valence-corrected chi connectivity index (χ0v) is 13.5. The quantitative estimate of drug-likeness (QED) is 0.893. The van der Waals surface area contributed by atoms with Crippen LogP contribution in [0, 0.1) is 6.92 Å². The third kappa shape index (κ3) is 3.55. The highest BCUT2D eigenvalue weighted by Gasteiger charge is 2.14. The fourth-order valence-corrected chi connectivity index (χ4v) is 2.33. The van der Waals surface area contributed by atoms with E-state index >= 15 is 0 Å². The van der Waals surface area contributed by atoms with Gasteiger partial charge in [-0.05, 0) is 35.0 Å². The first-order chi connectivity index (χ1) is 10.0. The number of methoxy groups -OCH3 is 2. The van der Waals surface area contributed by atoms with Gasteiger partial charge in [-0.2, -0.15) is 0 Å². The molecule has 0 aliphatic carbocycles. The van der Waals surface area contributed by atoms with Crippen molar-refractivity contribution < 1.29 is 18.8 Å². The number of halogens is 1. The van der Waals surface area contributed by atoms with Crippen molar-refractivity contribution in [3.63, 3.8) is 0 Å². The van der Waals surface area contributed by atoms with Crippen LogP contribution in [0.25, 0.3) is 0 Å². The van der Waals surface area contributed by atoms with E-state index < -0.39 is 0 Å². The highest BCUT2D eigenvalue weighted by molar-refractivity contribution is 9.10. The Labute approximate surface area is 130 Å². The molecule has 2 aromatic rings. The maximum absolute atomic E-state index is 12.2. The van der Waals surface area contributed by atoms with Crippen molar-refractivity contribution in [1.82, 2.24) is 10.5 Å². The summed E-state index contributed by atoms with van der Waals surface area (Å²) in [7, 11) is 3.05. The van der Waals surface area contributed by atoms with E-state index in [0.29, 0.717) is 33.0 Å². The smallest absolute Gasteiger partial charge is 0.251 e. The standard InChI is InChI=1S/C14H15BrN2O4/c1-8-4-10(17-21-8)7-16-14(18)9-5-11(19-2)13(15)12(6-9)20-3/h4-6H,7H2,1-3H3,(H,16,18). The van der Waals surface area contributed by atoms with Gasteiger partial charge in [0, 0.05) is 11.6 Å². The van der Waals surface area contributed by atoms with E-state index in [9.17, 15) is 4.79 Å². The van der Waals surface area contributed by atoms with Crippen LogP contribution in [0.15, 0.2) is 27.2 Å². The Balaban J connectivity index is 2.15. The molecule has 0 saturated heterocycles. The molecule has 0 aliphatic rings. The van der Waals surface area contributed by atoms with Crippen LogP contribution in [0.2, 0.25) is 0 Å². The molecule has 1 heterocycles. The number of hydrogen-bond donors (Lipinski definition) is 1. The normalized spacial score (nSPS) is 10.3. The summed E-state index contributed by atoms with van der Waals surface area (Å²) in [5, 5.41) is 6.58. The number of hydrogen-bond acceptors (Lipinski definition) is 5. The molecular formula is C14H15BrN2O4. The molecular weight excluding hydrogens is 340 g/mol. The van der Waals surface area contributed by atoms with E-state index in [1.807, 2.05) is 0 Å². The number of aryl methyl sites for hydroxylation is 1. The predicted molar refractivity (Wildman–Crippen MR) is 79.7 cm³/mol. The molecule has 0 radical (unpaired) electrons. The number of carbonyl (C=O) groups excluding carboxylic acids is 1. The fraction of sp³-hybridized carbons (Fsp3) is 0.286. The Bertz CT molecular complexity index is 629. The Morgan fingerprint density at radius 2 is 1.90 bits per heavy atom. The second kappa shape index (κ2) is 6.62. The van der Waals surface area contributed by atoms with Crippen LogP contribution in [0.3, 0.4) is 0 Å². The minimum absolute atomic E-state index is 0.250. The molecule has 2 rings (SSSR count). The molecule has 0 spiro atoms. The summed E-state index contributed by atoms with van der Waals surface area (Å²) >= 11 is 3.36. The molecule has 21 heavy (non-hydrogen) atoms. The van der Waals surface area contributed by atoms with Gasteiger partial charge in [0.25, 0.3) is 5.91 Å². The summed E-state index contributed by atoms with van der Waals surface area (Å²) in [6, 6.07) is 5.04. The van der Waals surface area contributed by atoms with Crippen molar-refractivity contribution in [2.75, 3.05) is 14.2 Å². The van der Waals surface area contributed by atoms with Crippen molar-refractivity contribution in [2.45, 2.75) is 13.5 Å². The number of nitrogens with zero attached hydrogens (tertiary/aromatic N) is 1. The number of rotatable bonds is 5. The molecule has 112 valence electrons. The number of carbonyl (C=O) groups is 1. The maximum Gasteiger partial charge on any atom is 0.251 e. The molecule has 1 amide bonds. The Kier molecular flexibility index (Phi) is 4.85. The van der Waals surface area contributed by atoms with Gasteiger partial charge in [-0.3, -0.25) is 4.79 Å². The Hall–Kier alpha value is -2.02. The highest BCUT2D eigenvalue weighted by atomic mass is 79.9. The van der Waals surface area contributed by atoms with Crippen LogP contribution < -0.4 is 14.8 Å². The Morgan fingerprint density at radius 3 is 2.38 bits per heavy atom. The second-order valence-corrected chi connectivity index (χ2v) is 5.10. The number of amides is 1. The molecule has 1 aromatic heterocycles. The largest absolute Gasteiger partial charge is 0.495 e. The molecule has 1 N–H and O–H groups in total. The summed E-state index contributed by atoms with van der Waals surface area (Å²) in [4.78, 5) is 12.2. The van der Waals surface area contributed by atoms with E-state index in [1.165, 1.54) is 14.2 Å². The number of aromatic nitrogens is 1. The number of ether oxygens (including phenoxy) is 2. The van der Waals surface area contributed by atoms with Crippen LogP contribution >= 0.6 is 15.9 Å². The van der Waals surface area contributed by atoms with Gasteiger partial charge in [-0.15, -0.1) is 0 Å². The monoisotopic (exact) mass is 354 g/mol. The molecule has 7 heteroatoms. The van der Waals surface area contributed by atoms with E-state index in [4.69, 9.17) is 14.0 Å². The van der Waals surface area contributed by atoms with E-state index in [1.54, 1.807) is 25.1 Å². The van der Waals surface area contributed by atoms with Crippen LogP contribution in [-0.2, 0) is 6.54 Å². The lowest BCUT2D eigenvalue weighted by atomic mass is 10.2. The molecule has 0 saturated carbocycles. The van der Waals surface area contributed by atoms with Crippen molar-refractivity contribution in [3.8, 4) is 11.5 Å². The lowest BCUT2D eigenvalue weighted by Crippen LogP contribution is -2.23. The van der Waals surface area contributed by atoms with Crippen LogP contribution in [0.1, 0.15) is 21.8 Å². The summed E-state index contributed by atoms with van der Waals surface area (Å²) < 4.78 is 16.0. The lowest BCUT2D eigenvalue weighted by molar-refractivity contribution is 0.0949. The minimum Gasteiger partial charge on any atom is -0.495 e. The third-order valence-electron chi connectivity index (χ3n) is 2.81. The first kappa shape index (κ1) is 15.4. The van der Waals surface area contributed by atoms with Gasteiger partial charge in [0.15, 0.2) is 0 Å². The summed E-state index contributed by atoms with van der Waals surface area (Å²) in [6.07, 6.45) is 0. The van der Waals surface area contributed by atoms with Gasteiger partial charge in [0.05, 0.1) is 20.8 Å². The average Bonchev–Trinajstić information content (AvgIpc) is 2.90. The first-order valence-electron chi connectivity index (χ1n) is 6.17. The van der Waals surface area contributed by atoms with E-state index in [-0.39, 0.29) is 12.5 Å². The minimum atomic E-state index is -0.250. The second-order valence-electron chi connectivity index (χ2n) is 4.31. The predicted octanol–water partition coefficient (Wildman–Crippen LogP) is 2.69. The van der Waals surface area contributed by atoms with Gasteiger partial charge in [-0.1, -0.05) is 5.16 Å². The van der Waals surface area contributed by atoms with Gasteiger partial charge < -0.3 is 19.3 Å². The van der Waals surface area contributed by atoms with Gasteiger partial charge in [0.2, 0.25) is 0 Å². The topological polar surface area (TPSA) is 73.6 Å². The molecule has 0 atom stereocenters. The molecule has 0 aliphatic heterocycles. The summed E-state index contributed by atoms with van der Waals surface area (Å²) in [5.41, 5.74) is 1.10. The number of nitrogens with one attached hydrogen (secondary N) is 1. The van der Waals surface area contributed by atoms with Crippen molar-refractivity contribution in [3.05, 3.63) is 39.7 Å². The van der Waals surface area contributed by atoms with Crippen LogP contribution in [0.4, 0.5) is 0 Å². The molecule has 1 aromatic carbocycles. The summed E-state index contributed by atoms with van der Waals surface area (Å²) in [6.45, 7) is 2.08. The zero-order valence-electron chi connectivity index (χ0n) is 11.9. The average molecular weight is 355 g/mol. The van der Waals surface area contributed by atoms with E-state index in [0.717, 1.165) is 0 Å². The fourth-order valence-electron chi connectivity index (χ4n) is 1.77. The van der Waals surface area contributed by atoms with Crippen molar-refractivity contribution in [1.29, 1.82) is 0 Å². The first-order valence-corrected chi connectivity index (χ1v) is 6.96. The zero-order chi connectivity index (χ0) is 15.4. The molecule has 0 unspecified atom stereocenters.